The molecule has 0 aromatic carbocycles. The maximum Gasteiger partial charge on any atom is 0.126 e. The lowest BCUT2D eigenvalue weighted by molar-refractivity contribution is 0.240. The van der Waals surface area contributed by atoms with Crippen LogP contribution in [0.25, 0.3) is 0 Å². The topological polar surface area (TPSA) is 40.2 Å². The van der Waals surface area contributed by atoms with Gasteiger partial charge in [-0.05, 0) is 37.6 Å². The van der Waals surface area contributed by atoms with Gasteiger partial charge in [0, 0.05) is 38.9 Å². The molecule has 1 aliphatic heterocycles. The molecule has 1 fully saturated rings. The van der Waals surface area contributed by atoms with E-state index < -0.39 is 0 Å². The summed E-state index contributed by atoms with van der Waals surface area (Å²) in [6.07, 6.45) is 3.03. The van der Waals surface area contributed by atoms with E-state index in [1.807, 2.05) is 12.3 Å². The van der Waals surface area contributed by atoms with Crippen molar-refractivity contribution >= 4 is 5.82 Å². The summed E-state index contributed by atoms with van der Waals surface area (Å²) in [5, 5.41) is 6.74. The Morgan fingerprint density at radius 1 is 1.41 bits per heavy atom. The van der Waals surface area contributed by atoms with Gasteiger partial charge in [-0.2, -0.15) is 0 Å². The first kappa shape index (κ1) is 12.3. The van der Waals surface area contributed by atoms with Crippen LogP contribution >= 0.6 is 0 Å². The molecule has 4 heteroatoms. The van der Waals surface area contributed by atoms with Crippen LogP contribution in [0.1, 0.15) is 12.0 Å². The first-order valence-corrected chi connectivity index (χ1v) is 6.44. The van der Waals surface area contributed by atoms with Crippen LogP contribution in [0.5, 0.6) is 0 Å². The van der Waals surface area contributed by atoms with Crippen LogP contribution in [-0.4, -0.2) is 49.2 Å². The Bertz CT molecular complexity index is 334. The number of hydrogen-bond acceptors (Lipinski definition) is 4. The van der Waals surface area contributed by atoms with Crippen LogP contribution in [-0.2, 0) is 0 Å². The van der Waals surface area contributed by atoms with Gasteiger partial charge in [0.15, 0.2) is 0 Å². The summed E-state index contributed by atoms with van der Waals surface area (Å²) in [6, 6.07) is 4.11. The number of nitrogens with zero attached hydrogens (tertiary/aromatic N) is 2. The standard InChI is InChI=1S/C13H22N4/c1-12-3-5-16-13(11-12)15-4-2-8-17-9-6-14-7-10-17/h3,5,11,14H,2,4,6-10H2,1H3,(H,15,16). The third-order valence-electron chi connectivity index (χ3n) is 3.08. The van der Waals surface area contributed by atoms with Gasteiger partial charge in [0.2, 0.25) is 0 Å². The predicted octanol–water partition coefficient (Wildman–Crippen LogP) is 1.10. The van der Waals surface area contributed by atoms with Gasteiger partial charge in [-0.25, -0.2) is 4.98 Å². The molecule has 0 spiro atoms. The van der Waals surface area contributed by atoms with Crippen molar-refractivity contribution in [3.05, 3.63) is 23.9 Å². The SMILES string of the molecule is Cc1ccnc(NCCCN2CCNCC2)c1. The molecule has 1 saturated heterocycles. The molecule has 0 radical (unpaired) electrons. The van der Waals surface area contributed by atoms with Crippen molar-refractivity contribution in [1.82, 2.24) is 15.2 Å². The molecule has 2 heterocycles. The molecule has 2 rings (SSSR count). The molecule has 2 N–H and O–H groups in total. The first-order valence-electron chi connectivity index (χ1n) is 6.44. The number of nitrogens with one attached hydrogen (secondary N) is 2. The molecule has 0 bridgehead atoms. The van der Waals surface area contributed by atoms with E-state index in [4.69, 9.17) is 0 Å². The van der Waals surface area contributed by atoms with Gasteiger partial charge in [0.25, 0.3) is 0 Å². The Hall–Kier alpha value is -1.13. The second-order valence-corrected chi connectivity index (χ2v) is 4.59. The lowest BCUT2D eigenvalue weighted by atomic mass is 10.3. The van der Waals surface area contributed by atoms with Crippen molar-refractivity contribution < 1.29 is 0 Å². The summed E-state index contributed by atoms with van der Waals surface area (Å²) in [4.78, 5) is 6.80. The number of piperazine rings is 1. The van der Waals surface area contributed by atoms with Crippen molar-refractivity contribution in [3.63, 3.8) is 0 Å². The molecule has 0 saturated carbocycles. The van der Waals surface area contributed by atoms with E-state index in [1.54, 1.807) is 0 Å². The van der Waals surface area contributed by atoms with Crippen LogP contribution in [0.4, 0.5) is 5.82 Å². The third kappa shape index (κ3) is 4.32. The van der Waals surface area contributed by atoms with Gasteiger partial charge >= 0.3 is 0 Å². The normalized spacial score (nSPS) is 17.0. The van der Waals surface area contributed by atoms with E-state index in [0.29, 0.717) is 0 Å². The fraction of sp³-hybridized carbons (Fsp3) is 0.615. The Morgan fingerprint density at radius 3 is 3.00 bits per heavy atom. The summed E-state index contributed by atoms with van der Waals surface area (Å²) in [5.74, 6) is 0.991. The molecule has 4 nitrogen and oxygen atoms in total. The molecule has 0 unspecified atom stereocenters. The highest BCUT2D eigenvalue weighted by atomic mass is 15.2. The molecule has 1 aliphatic rings. The molecular formula is C13H22N4. The van der Waals surface area contributed by atoms with E-state index >= 15 is 0 Å². The molecule has 0 amide bonds. The van der Waals surface area contributed by atoms with Gasteiger partial charge in [0.1, 0.15) is 5.82 Å². The molecular weight excluding hydrogens is 212 g/mol. The predicted molar refractivity (Wildman–Crippen MR) is 71.4 cm³/mol. The number of aromatic nitrogens is 1. The van der Waals surface area contributed by atoms with Gasteiger partial charge in [0.05, 0.1) is 0 Å². The smallest absolute Gasteiger partial charge is 0.126 e. The number of rotatable bonds is 5. The summed E-state index contributed by atoms with van der Waals surface area (Å²) < 4.78 is 0. The number of anilines is 1. The largest absolute Gasteiger partial charge is 0.370 e. The van der Waals surface area contributed by atoms with Crippen LogP contribution in [0.3, 0.4) is 0 Å². The fourth-order valence-corrected chi connectivity index (χ4v) is 2.09. The van der Waals surface area contributed by atoms with E-state index in [1.165, 1.54) is 31.6 Å². The van der Waals surface area contributed by atoms with Gasteiger partial charge < -0.3 is 15.5 Å². The van der Waals surface area contributed by atoms with E-state index in [0.717, 1.165) is 25.5 Å². The zero-order chi connectivity index (χ0) is 11.9. The first-order chi connectivity index (χ1) is 8.34. The minimum absolute atomic E-state index is 0.991. The lowest BCUT2D eigenvalue weighted by Crippen LogP contribution is -2.44. The molecule has 1 aromatic rings. The molecule has 1 aromatic heterocycles. The zero-order valence-electron chi connectivity index (χ0n) is 10.6. The quantitative estimate of drug-likeness (QED) is 0.749. The van der Waals surface area contributed by atoms with Crippen LogP contribution < -0.4 is 10.6 Å². The fourth-order valence-electron chi connectivity index (χ4n) is 2.09. The Kier molecular flexibility index (Phi) is 4.76. The lowest BCUT2D eigenvalue weighted by Gasteiger charge is -2.27. The second kappa shape index (κ2) is 6.57. The van der Waals surface area contributed by atoms with Gasteiger partial charge in [-0.3, -0.25) is 0 Å². The maximum atomic E-state index is 4.29. The highest BCUT2D eigenvalue weighted by Gasteiger charge is 2.07. The number of pyridine rings is 1. The minimum atomic E-state index is 0.991. The molecule has 94 valence electrons. The average molecular weight is 234 g/mol. The van der Waals surface area contributed by atoms with Crippen molar-refractivity contribution in [3.8, 4) is 0 Å². The minimum Gasteiger partial charge on any atom is -0.370 e. The van der Waals surface area contributed by atoms with Gasteiger partial charge in [-0.15, -0.1) is 0 Å². The number of hydrogen-bond donors (Lipinski definition) is 2. The van der Waals surface area contributed by atoms with Crippen molar-refractivity contribution in [2.24, 2.45) is 0 Å². The van der Waals surface area contributed by atoms with Crippen molar-refractivity contribution in [1.29, 1.82) is 0 Å². The molecule has 0 atom stereocenters. The van der Waals surface area contributed by atoms with E-state index in [-0.39, 0.29) is 0 Å². The summed E-state index contributed by atoms with van der Waals surface area (Å²) >= 11 is 0. The van der Waals surface area contributed by atoms with E-state index in [2.05, 4.69) is 33.5 Å². The zero-order valence-corrected chi connectivity index (χ0v) is 10.6. The Labute approximate surface area is 103 Å². The average Bonchev–Trinajstić information content (AvgIpc) is 2.36. The Balaban J connectivity index is 1.62. The highest BCUT2D eigenvalue weighted by molar-refractivity contribution is 5.36. The summed E-state index contributed by atoms with van der Waals surface area (Å²) in [5.41, 5.74) is 1.25. The molecule has 17 heavy (non-hydrogen) atoms. The molecule has 0 aliphatic carbocycles. The van der Waals surface area contributed by atoms with Gasteiger partial charge in [-0.1, -0.05) is 0 Å². The van der Waals surface area contributed by atoms with Crippen molar-refractivity contribution in [2.45, 2.75) is 13.3 Å². The third-order valence-corrected chi connectivity index (χ3v) is 3.08. The van der Waals surface area contributed by atoms with Crippen LogP contribution in [0.2, 0.25) is 0 Å². The summed E-state index contributed by atoms with van der Waals surface area (Å²) in [7, 11) is 0. The monoisotopic (exact) mass is 234 g/mol. The number of aryl methyl sites for hydroxylation is 1. The van der Waals surface area contributed by atoms with Crippen LogP contribution in [0, 0.1) is 6.92 Å². The van der Waals surface area contributed by atoms with Crippen molar-refractivity contribution in [2.75, 3.05) is 44.6 Å². The van der Waals surface area contributed by atoms with E-state index in [9.17, 15) is 0 Å². The second-order valence-electron chi connectivity index (χ2n) is 4.59. The van der Waals surface area contributed by atoms with Crippen LogP contribution in [0.15, 0.2) is 18.3 Å². The highest BCUT2D eigenvalue weighted by Crippen LogP contribution is 2.05. The summed E-state index contributed by atoms with van der Waals surface area (Å²) in [6.45, 7) is 8.90. The maximum absolute atomic E-state index is 4.29. The Morgan fingerprint density at radius 2 is 2.24 bits per heavy atom.